The van der Waals surface area contributed by atoms with E-state index in [9.17, 15) is 43.9 Å². The van der Waals surface area contributed by atoms with E-state index in [4.69, 9.17) is 20.9 Å². The van der Waals surface area contributed by atoms with Gasteiger partial charge in [-0.15, -0.1) is 0 Å². The topological polar surface area (TPSA) is 70.5 Å². The van der Waals surface area contributed by atoms with Gasteiger partial charge >= 0.3 is 12.4 Å². The zero-order valence-corrected chi connectivity index (χ0v) is 16.2. The maximum atomic E-state index is 14.1. The minimum absolute atomic E-state index is 0.0591. The Morgan fingerprint density at radius 2 is 0.882 bits per heavy atom. The summed E-state index contributed by atoms with van der Waals surface area (Å²) in [4.78, 5) is 0. The van der Waals surface area contributed by atoms with Crippen LogP contribution in [-0.4, -0.2) is 0 Å². The van der Waals surface area contributed by atoms with E-state index in [0.29, 0.717) is 24.3 Å². The first-order chi connectivity index (χ1) is 15.6. The second-order valence-electron chi connectivity index (χ2n) is 6.59. The van der Waals surface area contributed by atoms with Crippen LogP contribution < -0.4 is 20.9 Å². The van der Waals surface area contributed by atoms with Crippen LogP contribution in [0.2, 0.25) is 0 Å². The summed E-state index contributed by atoms with van der Waals surface area (Å²) in [7, 11) is 0. The van der Waals surface area contributed by atoms with Gasteiger partial charge in [-0.25, -0.2) is 17.6 Å². The first kappa shape index (κ1) is 24.8. The Balaban J connectivity index is 2.23. The molecule has 3 aromatic rings. The monoisotopic (exact) mass is 500 g/mol. The molecule has 0 fully saturated rings. The molecule has 14 heteroatoms. The maximum absolute atomic E-state index is 14.1. The molecule has 0 radical (unpaired) electrons. The molecule has 0 aliphatic rings. The van der Waals surface area contributed by atoms with Crippen molar-refractivity contribution in [3.8, 4) is 23.0 Å². The summed E-state index contributed by atoms with van der Waals surface area (Å²) in [6.45, 7) is 0. The Bertz CT molecular complexity index is 1160. The highest BCUT2D eigenvalue weighted by Gasteiger charge is 2.42. The minimum Gasteiger partial charge on any atom is -0.453 e. The molecule has 0 unspecified atom stereocenters. The normalized spacial score (nSPS) is 12.1. The van der Waals surface area contributed by atoms with Crippen LogP contribution in [0.4, 0.5) is 55.3 Å². The van der Waals surface area contributed by atoms with Crippen molar-refractivity contribution in [2.75, 3.05) is 11.5 Å². The molecular formula is C20H10F10N2O2. The molecule has 0 saturated heterocycles. The van der Waals surface area contributed by atoms with E-state index in [1.54, 1.807) is 0 Å². The van der Waals surface area contributed by atoms with E-state index in [2.05, 4.69) is 0 Å². The highest BCUT2D eigenvalue weighted by Crippen LogP contribution is 2.48. The quantitative estimate of drug-likeness (QED) is 0.298. The van der Waals surface area contributed by atoms with E-state index in [1.807, 2.05) is 0 Å². The Hall–Kier alpha value is -3.84. The van der Waals surface area contributed by atoms with Crippen LogP contribution >= 0.6 is 0 Å². The second-order valence-corrected chi connectivity index (χ2v) is 6.59. The van der Waals surface area contributed by atoms with Gasteiger partial charge in [0.25, 0.3) is 0 Å². The smallest absolute Gasteiger partial charge is 0.420 e. The molecule has 0 heterocycles. The molecule has 3 rings (SSSR count). The molecule has 0 amide bonds. The van der Waals surface area contributed by atoms with Crippen molar-refractivity contribution in [1.29, 1.82) is 0 Å². The van der Waals surface area contributed by atoms with Crippen molar-refractivity contribution < 1.29 is 53.4 Å². The summed E-state index contributed by atoms with van der Waals surface area (Å²) >= 11 is 0. The highest BCUT2D eigenvalue weighted by molar-refractivity contribution is 5.55. The van der Waals surface area contributed by atoms with Crippen LogP contribution in [0.15, 0.2) is 36.4 Å². The number of ether oxygens (including phenoxy) is 2. The van der Waals surface area contributed by atoms with Gasteiger partial charge in [-0.05, 0) is 30.3 Å². The van der Waals surface area contributed by atoms with Gasteiger partial charge < -0.3 is 20.9 Å². The van der Waals surface area contributed by atoms with Gasteiger partial charge in [0.2, 0.25) is 0 Å². The summed E-state index contributed by atoms with van der Waals surface area (Å²) in [5.74, 6) is -10.8. The lowest BCUT2D eigenvalue weighted by atomic mass is 10.1. The van der Waals surface area contributed by atoms with E-state index in [1.165, 1.54) is 0 Å². The molecule has 4 N–H and O–H groups in total. The second kappa shape index (κ2) is 8.50. The highest BCUT2D eigenvalue weighted by atomic mass is 19.4. The maximum Gasteiger partial charge on any atom is 0.420 e. The predicted octanol–water partition coefficient (Wildman–Crippen LogP) is 7.03. The van der Waals surface area contributed by atoms with Crippen molar-refractivity contribution in [3.05, 3.63) is 70.8 Å². The molecule has 0 bridgehead atoms. The average molecular weight is 500 g/mol. The molecule has 0 spiro atoms. The van der Waals surface area contributed by atoms with Gasteiger partial charge in [-0.2, -0.15) is 26.3 Å². The number of rotatable bonds is 4. The van der Waals surface area contributed by atoms with Crippen LogP contribution in [0.1, 0.15) is 11.1 Å². The lowest BCUT2D eigenvalue weighted by molar-refractivity contribution is -0.144. The number of nitrogen functional groups attached to an aromatic ring is 2. The number of hydrogen-bond acceptors (Lipinski definition) is 4. The van der Waals surface area contributed by atoms with Crippen molar-refractivity contribution in [2.45, 2.75) is 12.4 Å². The van der Waals surface area contributed by atoms with Gasteiger partial charge in [0.15, 0.2) is 23.1 Å². The van der Waals surface area contributed by atoms with E-state index >= 15 is 0 Å². The van der Waals surface area contributed by atoms with Gasteiger partial charge in [0, 0.05) is 6.07 Å². The first-order valence-electron chi connectivity index (χ1n) is 8.76. The zero-order valence-electron chi connectivity index (χ0n) is 16.2. The minimum atomic E-state index is -5.46. The number of alkyl halides is 6. The summed E-state index contributed by atoms with van der Waals surface area (Å²) in [5.41, 5.74) is 3.92. The SMILES string of the molecule is Nc1c(F)ccc(Oc2cc(Oc3ccc(F)c(N)c3F)c(C(F)(F)F)cc2C(F)(F)F)c1F. The largest absolute Gasteiger partial charge is 0.453 e. The van der Waals surface area contributed by atoms with E-state index < -0.39 is 87.2 Å². The third-order valence-electron chi connectivity index (χ3n) is 4.31. The molecule has 0 atom stereocenters. The average Bonchev–Trinajstić information content (AvgIpc) is 2.73. The van der Waals surface area contributed by atoms with Crippen LogP contribution in [0.3, 0.4) is 0 Å². The predicted molar refractivity (Wildman–Crippen MR) is 98.1 cm³/mol. The van der Waals surface area contributed by atoms with Crippen LogP contribution in [0.5, 0.6) is 23.0 Å². The van der Waals surface area contributed by atoms with Crippen LogP contribution in [0, 0.1) is 23.3 Å². The van der Waals surface area contributed by atoms with Gasteiger partial charge in [-0.1, -0.05) is 0 Å². The molecule has 0 aliphatic carbocycles. The Kier molecular flexibility index (Phi) is 6.20. The standard InChI is InChI=1S/C20H10F10N2O2/c21-9-1-3-11(15(23)17(9)31)33-13-6-14(34-12-4-2-10(22)18(32)16(12)24)8(20(28,29)30)5-7(13)19(25,26)27/h1-6H,31-32H2. The number of halogens is 10. The Labute approximate surface area is 183 Å². The third kappa shape index (κ3) is 4.75. The van der Waals surface area contributed by atoms with Gasteiger partial charge in [-0.3, -0.25) is 0 Å². The summed E-state index contributed by atoms with van der Waals surface area (Å²) in [6.07, 6.45) is -10.9. The molecule has 0 aliphatic heterocycles. The molecule has 4 nitrogen and oxygen atoms in total. The van der Waals surface area contributed by atoms with Crippen molar-refractivity contribution in [1.82, 2.24) is 0 Å². The summed E-state index contributed by atoms with van der Waals surface area (Å²) < 4.78 is 145. The fourth-order valence-corrected chi connectivity index (χ4v) is 2.67. The lowest BCUT2D eigenvalue weighted by Gasteiger charge is -2.20. The van der Waals surface area contributed by atoms with E-state index in [-0.39, 0.29) is 6.07 Å². The zero-order chi connectivity index (χ0) is 25.6. The van der Waals surface area contributed by atoms with Crippen molar-refractivity contribution in [3.63, 3.8) is 0 Å². The van der Waals surface area contributed by atoms with Crippen molar-refractivity contribution in [2.24, 2.45) is 0 Å². The number of nitrogens with two attached hydrogens (primary N) is 2. The summed E-state index contributed by atoms with van der Waals surface area (Å²) in [6, 6.07) is 1.81. The molecule has 0 aromatic heterocycles. The van der Waals surface area contributed by atoms with Gasteiger partial charge in [0.05, 0.1) is 11.1 Å². The fourth-order valence-electron chi connectivity index (χ4n) is 2.67. The Morgan fingerprint density at radius 1 is 0.529 bits per heavy atom. The van der Waals surface area contributed by atoms with Crippen molar-refractivity contribution >= 4 is 11.4 Å². The van der Waals surface area contributed by atoms with Crippen LogP contribution in [0.25, 0.3) is 0 Å². The molecular weight excluding hydrogens is 490 g/mol. The van der Waals surface area contributed by atoms with E-state index in [0.717, 1.165) is 0 Å². The number of benzene rings is 3. The molecule has 182 valence electrons. The molecule has 34 heavy (non-hydrogen) atoms. The van der Waals surface area contributed by atoms with Gasteiger partial charge in [0.1, 0.15) is 34.5 Å². The lowest BCUT2D eigenvalue weighted by Crippen LogP contribution is -2.14. The third-order valence-corrected chi connectivity index (χ3v) is 4.31. The number of hydrogen-bond donors (Lipinski definition) is 2. The van der Waals surface area contributed by atoms with Crippen LogP contribution in [-0.2, 0) is 12.4 Å². The Morgan fingerprint density at radius 3 is 1.21 bits per heavy atom. The fraction of sp³-hybridized carbons (Fsp3) is 0.100. The number of anilines is 2. The summed E-state index contributed by atoms with van der Waals surface area (Å²) in [5, 5.41) is 0. The molecule has 3 aromatic carbocycles. The first-order valence-corrected chi connectivity index (χ1v) is 8.76. The molecule has 0 saturated carbocycles.